The van der Waals surface area contributed by atoms with E-state index in [1.165, 1.54) is 12.1 Å². The quantitative estimate of drug-likeness (QED) is 0.566. The third kappa shape index (κ3) is 2.94. The number of amides is 1. The van der Waals surface area contributed by atoms with Crippen LogP contribution >= 0.6 is 0 Å². The lowest BCUT2D eigenvalue weighted by molar-refractivity contribution is 0.0941. The van der Waals surface area contributed by atoms with Gasteiger partial charge in [0.15, 0.2) is 5.65 Å². The Balaban J connectivity index is 2.02. The zero-order chi connectivity index (χ0) is 19.8. The summed E-state index contributed by atoms with van der Waals surface area (Å²) < 4.78 is 15.0. The number of nitrogens with zero attached hydrogens (tertiary/aromatic N) is 3. The molecule has 0 aliphatic carbocycles. The maximum absolute atomic E-state index is 13.4. The molecule has 1 atom stereocenters. The van der Waals surface area contributed by atoms with Crippen LogP contribution < -0.4 is 11.1 Å². The van der Waals surface area contributed by atoms with Crippen molar-refractivity contribution in [1.29, 1.82) is 0 Å². The van der Waals surface area contributed by atoms with E-state index in [0.717, 1.165) is 6.42 Å². The second-order valence-corrected chi connectivity index (χ2v) is 6.74. The number of nitrogen functional groups attached to an aromatic ring is 1. The Morgan fingerprint density at radius 1 is 1.14 bits per heavy atom. The predicted molar refractivity (Wildman–Crippen MR) is 108 cm³/mol. The average Bonchev–Trinajstić information content (AvgIpc) is 2.97. The number of carbonyl (C=O) groups is 1. The number of hydrogen-bond acceptors (Lipinski definition) is 4. The fraction of sp³-hybridized carbons (Fsp3) is 0.190. The topological polar surface area (TPSA) is 85.8 Å². The lowest BCUT2D eigenvalue weighted by Crippen LogP contribution is -2.32. The largest absolute Gasteiger partial charge is 0.384 e. The van der Waals surface area contributed by atoms with Crippen LogP contribution in [0, 0.1) is 5.82 Å². The summed E-state index contributed by atoms with van der Waals surface area (Å²) >= 11 is 0. The summed E-state index contributed by atoms with van der Waals surface area (Å²) in [6.45, 7) is 3.91. The molecule has 2 aromatic carbocycles. The van der Waals surface area contributed by atoms with E-state index >= 15 is 0 Å². The van der Waals surface area contributed by atoms with Crippen molar-refractivity contribution < 1.29 is 9.18 Å². The first kappa shape index (κ1) is 17.9. The number of nitrogens with one attached hydrogen (secondary N) is 1. The van der Waals surface area contributed by atoms with Crippen molar-refractivity contribution in [3.05, 3.63) is 59.9 Å². The van der Waals surface area contributed by atoms with Gasteiger partial charge in [-0.1, -0.05) is 19.1 Å². The maximum atomic E-state index is 13.4. The number of fused-ring (bicyclic) bond motifs is 2. The molecule has 6 nitrogen and oxygen atoms in total. The van der Waals surface area contributed by atoms with E-state index in [2.05, 4.69) is 15.3 Å². The number of anilines is 1. The second kappa shape index (κ2) is 6.92. The minimum absolute atomic E-state index is 0.00969. The molecule has 142 valence electrons. The molecule has 4 rings (SSSR count). The first-order chi connectivity index (χ1) is 13.5. The minimum atomic E-state index is -0.356. The average molecular weight is 377 g/mol. The molecule has 0 radical (unpaired) electrons. The molecule has 0 saturated heterocycles. The van der Waals surface area contributed by atoms with E-state index in [9.17, 15) is 9.18 Å². The van der Waals surface area contributed by atoms with Gasteiger partial charge in [0.25, 0.3) is 5.91 Å². The fourth-order valence-electron chi connectivity index (χ4n) is 3.13. The molecule has 1 amide bonds. The Labute approximate surface area is 161 Å². The van der Waals surface area contributed by atoms with Gasteiger partial charge in [-0.05, 0) is 49.7 Å². The summed E-state index contributed by atoms with van der Waals surface area (Å²) in [6.07, 6.45) is 0.789. The first-order valence-corrected chi connectivity index (χ1v) is 9.13. The summed E-state index contributed by atoms with van der Waals surface area (Å²) in [5.74, 6) is -0.440. The molecule has 3 N–H and O–H groups in total. The molecule has 7 heteroatoms. The van der Waals surface area contributed by atoms with Crippen molar-refractivity contribution in [2.45, 2.75) is 26.3 Å². The van der Waals surface area contributed by atoms with Crippen LogP contribution in [0.15, 0.2) is 48.5 Å². The van der Waals surface area contributed by atoms with Crippen LogP contribution in [-0.2, 0) is 0 Å². The first-order valence-electron chi connectivity index (χ1n) is 9.13. The molecule has 0 spiro atoms. The van der Waals surface area contributed by atoms with E-state index in [4.69, 9.17) is 5.73 Å². The van der Waals surface area contributed by atoms with E-state index in [1.54, 1.807) is 16.7 Å². The zero-order valence-electron chi connectivity index (χ0n) is 15.6. The van der Waals surface area contributed by atoms with Gasteiger partial charge in [-0.3, -0.25) is 9.36 Å². The van der Waals surface area contributed by atoms with Crippen LogP contribution in [0.4, 0.5) is 10.2 Å². The highest BCUT2D eigenvalue weighted by molar-refractivity contribution is 6.11. The number of carbonyl (C=O) groups excluding carboxylic acids is 1. The van der Waals surface area contributed by atoms with Crippen molar-refractivity contribution in [3.8, 4) is 5.69 Å². The molecule has 28 heavy (non-hydrogen) atoms. The molecule has 0 unspecified atom stereocenters. The van der Waals surface area contributed by atoms with Crippen LogP contribution in [0.2, 0.25) is 0 Å². The summed E-state index contributed by atoms with van der Waals surface area (Å²) in [6, 6.07) is 13.3. The van der Waals surface area contributed by atoms with Gasteiger partial charge in [-0.2, -0.15) is 0 Å². The lowest BCUT2D eigenvalue weighted by Gasteiger charge is -2.11. The van der Waals surface area contributed by atoms with Gasteiger partial charge in [-0.25, -0.2) is 14.4 Å². The van der Waals surface area contributed by atoms with Crippen molar-refractivity contribution >= 4 is 33.9 Å². The van der Waals surface area contributed by atoms with E-state index < -0.39 is 0 Å². The van der Waals surface area contributed by atoms with Crippen LogP contribution in [0.3, 0.4) is 0 Å². The Morgan fingerprint density at radius 3 is 2.43 bits per heavy atom. The Kier molecular flexibility index (Phi) is 4.43. The smallest absolute Gasteiger partial charge is 0.257 e. The van der Waals surface area contributed by atoms with Crippen LogP contribution in [0.5, 0.6) is 0 Å². The van der Waals surface area contributed by atoms with Gasteiger partial charge in [-0.15, -0.1) is 0 Å². The maximum Gasteiger partial charge on any atom is 0.257 e. The molecular formula is C21H20FN5O. The normalized spacial score (nSPS) is 12.4. The number of benzene rings is 2. The molecule has 0 bridgehead atoms. The van der Waals surface area contributed by atoms with Gasteiger partial charge in [0, 0.05) is 11.7 Å². The van der Waals surface area contributed by atoms with Gasteiger partial charge >= 0.3 is 0 Å². The summed E-state index contributed by atoms with van der Waals surface area (Å²) in [5.41, 5.74) is 9.51. The summed E-state index contributed by atoms with van der Waals surface area (Å²) in [7, 11) is 0. The summed E-state index contributed by atoms with van der Waals surface area (Å²) in [4.78, 5) is 22.3. The monoisotopic (exact) mass is 377 g/mol. The van der Waals surface area contributed by atoms with Crippen LogP contribution in [-0.4, -0.2) is 26.5 Å². The highest BCUT2D eigenvalue weighted by Gasteiger charge is 2.25. The third-order valence-electron chi connectivity index (χ3n) is 4.80. The zero-order valence-corrected chi connectivity index (χ0v) is 15.6. The minimum Gasteiger partial charge on any atom is -0.384 e. The van der Waals surface area contributed by atoms with Crippen molar-refractivity contribution in [3.63, 3.8) is 0 Å². The van der Waals surface area contributed by atoms with Crippen LogP contribution in [0.25, 0.3) is 27.9 Å². The molecule has 2 heterocycles. The second-order valence-electron chi connectivity index (χ2n) is 6.74. The molecule has 0 saturated carbocycles. The Morgan fingerprint density at radius 2 is 1.79 bits per heavy atom. The number of nitrogens with two attached hydrogens (primary N) is 1. The van der Waals surface area contributed by atoms with E-state index in [1.807, 2.05) is 38.1 Å². The standard InChI is InChI=1S/C21H20FN5O/c1-3-12(2)24-21(28)17-18-20(26-16-7-5-4-6-15(16)25-18)27(19(17)23)14-10-8-13(22)9-11-14/h4-12H,3,23H2,1-2H3,(H,24,28)/t12-/m1/s1. The van der Waals surface area contributed by atoms with Gasteiger partial charge in [0.05, 0.1) is 11.0 Å². The predicted octanol–water partition coefficient (Wildman–Crippen LogP) is 3.82. The Hall–Kier alpha value is -3.48. The van der Waals surface area contributed by atoms with Gasteiger partial charge < -0.3 is 11.1 Å². The van der Waals surface area contributed by atoms with Gasteiger partial charge in [0.2, 0.25) is 0 Å². The fourth-order valence-corrected chi connectivity index (χ4v) is 3.13. The highest BCUT2D eigenvalue weighted by Crippen LogP contribution is 2.31. The summed E-state index contributed by atoms with van der Waals surface area (Å²) in [5, 5.41) is 2.94. The highest BCUT2D eigenvalue weighted by atomic mass is 19.1. The molecule has 4 aromatic rings. The molecule has 0 aliphatic rings. The van der Waals surface area contributed by atoms with Crippen molar-refractivity contribution in [2.75, 3.05) is 5.73 Å². The molecule has 0 aliphatic heterocycles. The third-order valence-corrected chi connectivity index (χ3v) is 4.80. The van der Waals surface area contributed by atoms with E-state index in [-0.39, 0.29) is 29.1 Å². The molecule has 2 aromatic heterocycles. The lowest BCUT2D eigenvalue weighted by atomic mass is 10.2. The molecular weight excluding hydrogens is 357 g/mol. The Bertz CT molecular complexity index is 1180. The van der Waals surface area contributed by atoms with Gasteiger partial charge in [0.1, 0.15) is 22.7 Å². The van der Waals surface area contributed by atoms with Crippen molar-refractivity contribution in [1.82, 2.24) is 19.9 Å². The number of halogens is 1. The number of hydrogen-bond donors (Lipinski definition) is 2. The number of rotatable bonds is 4. The van der Waals surface area contributed by atoms with Crippen LogP contribution in [0.1, 0.15) is 30.6 Å². The molecule has 0 fully saturated rings. The number of aromatic nitrogens is 3. The SMILES string of the molecule is CC[C@@H](C)NC(=O)c1c(N)n(-c2ccc(F)cc2)c2nc3ccccc3nc12. The van der Waals surface area contributed by atoms with E-state index in [0.29, 0.717) is 27.9 Å². The number of para-hydroxylation sites is 2. The van der Waals surface area contributed by atoms with Crippen molar-refractivity contribution in [2.24, 2.45) is 0 Å².